The minimum Gasteiger partial charge on any atom is -0.490 e. The third kappa shape index (κ3) is 6.28. The molecule has 0 aliphatic heterocycles. The predicted molar refractivity (Wildman–Crippen MR) is 76.3 cm³/mol. The Balaban J connectivity index is 2.52. The van der Waals surface area contributed by atoms with Crippen molar-refractivity contribution in [2.45, 2.75) is 20.8 Å². The van der Waals surface area contributed by atoms with E-state index in [1.54, 1.807) is 0 Å². The van der Waals surface area contributed by atoms with Crippen LogP contribution in [0.2, 0.25) is 0 Å². The predicted octanol–water partition coefficient (Wildman–Crippen LogP) is 2.39. The van der Waals surface area contributed by atoms with Gasteiger partial charge in [-0.05, 0) is 30.5 Å². The van der Waals surface area contributed by atoms with E-state index in [0.29, 0.717) is 19.1 Å². The first-order valence-corrected chi connectivity index (χ1v) is 6.54. The SMILES string of the molecule is Cc1ccc(OCCOCC(C)C)c(C#CCO)c1. The Hall–Kier alpha value is -1.50. The van der Waals surface area contributed by atoms with Crippen LogP contribution in [-0.4, -0.2) is 31.5 Å². The largest absolute Gasteiger partial charge is 0.490 e. The van der Waals surface area contributed by atoms with Crippen LogP contribution in [-0.2, 0) is 4.74 Å². The fourth-order valence-electron chi connectivity index (χ4n) is 1.53. The zero-order valence-corrected chi connectivity index (χ0v) is 11.9. The molecule has 0 saturated carbocycles. The van der Waals surface area contributed by atoms with Crippen LogP contribution >= 0.6 is 0 Å². The summed E-state index contributed by atoms with van der Waals surface area (Å²) in [5.41, 5.74) is 1.92. The first-order chi connectivity index (χ1) is 9.13. The molecule has 104 valence electrons. The number of aryl methyl sites for hydroxylation is 1. The molecule has 3 nitrogen and oxygen atoms in total. The van der Waals surface area contributed by atoms with Crippen molar-refractivity contribution >= 4 is 0 Å². The molecule has 3 heteroatoms. The van der Waals surface area contributed by atoms with Gasteiger partial charge in [0.2, 0.25) is 0 Å². The summed E-state index contributed by atoms with van der Waals surface area (Å²) in [6.45, 7) is 7.90. The third-order valence-electron chi connectivity index (χ3n) is 2.37. The van der Waals surface area contributed by atoms with Crippen molar-refractivity contribution in [1.82, 2.24) is 0 Å². The van der Waals surface area contributed by atoms with Crippen LogP contribution in [0.15, 0.2) is 18.2 Å². The lowest BCUT2D eigenvalue weighted by Crippen LogP contribution is -2.10. The first kappa shape index (κ1) is 15.6. The van der Waals surface area contributed by atoms with Crippen LogP contribution in [0.4, 0.5) is 0 Å². The zero-order valence-electron chi connectivity index (χ0n) is 11.9. The number of ether oxygens (including phenoxy) is 2. The number of aliphatic hydroxyl groups is 1. The van der Waals surface area contributed by atoms with Crippen molar-refractivity contribution in [2.75, 3.05) is 26.4 Å². The van der Waals surface area contributed by atoms with E-state index in [1.165, 1.54) is 0 Å². The highest BCUT2D eigenvalue weighted by molar-refractivity contribution is 5.48. The average Bonchev–Trinajstić information content (AvgIpc) is 2.37. The average molecular weight is 262 g/mol. The van der Waals surface area contributed by atoms with E-state index in [1.807, 2.05) is 25.1 Å². The smallest absolute Gasteiger partial charge is 0.135 e. The van der Waals surface area contributed by atoms with E-state index >= 15 is 0 Å². The fourth-order valence-corrected chi connectivity index (χ4v) is 1.53. The maximum atomic E-state index is 8.75. The molecular weight excluding hydrogens is 240 g/mol. The molecule has 0 radical (unpaired) electrons. The van der Waals surface area contributed by atoms with Crippen molar-refractivity contribution in [3.8, 4) is 17.6 Å². The number of rotatable bonds is 6. The Labute approximate surface area is 115 Å². The van der Waals surface area contributed by atoms with E-state index < -0.39 is 0 Å². The van der Waals surface area contributed by atoms with Gasteiger partial charge in [0.25, 0.3) is 0 Å². The van der Waals surface area contributed by atoms with Crippen LogP contribution in [0.5, 0.6) is 5.75 Å². The highest BCUT2D eigenvalue weighted by atomic mass is 16.5. The molecule has 0 heterocycles. The molecule has 0 fully saturated rings. The van der Waals surface area contributed by atoms with Gasteiger partial charge in [0, 0.05) is 6.61 Å². The molecule has 0 aliphatic rings. The molecule has 0 amide bonds. The molecular formula is C16H22O3. The first-order valence-electron chi connectivity index (χ1n) is 6.54. The lowest BCUT2D eigenvalue weighted by atomic mass is 10.1. The van der Waals surface area contributed by atoms with E-state index in [2.05, 4.69) is 25.7 Å². The monoisotopic (exact) mass is 262 g/mol. The highest BCUT2D eigenvalue weighted by Gasteiger charge is 2.02. The summed E-state index contributed by atoms with van der Waals surface area (Å²) in [7, 11) is 0. The normalized spacial score (nSPS) is 10.2. The summed E-state index contributed by atoms with van der Waals surface area (Å²) in [4.78, 5) is 0. The van der Waals surface area contributed by atoms with Gasteiger partial charge in [0.05, 0.1) is 12.2 Å². The number of benzene rings is 1. The van der Waals surface area contributed by atoms with Crippen LogP contribution < -0.4 is 4.74 Å². The lowest BCUT2D eigenvalue weighted by molar-refractivity contribution is 0.0818. The second-order valence-corrected chi connectivity index (χ2v) is 4.78. The van der Waals surface area contributed by atoms with E-state index in [9.17, 15) is 0 Å². The van der Waals surface area contributed by atoms with Gasteiger partial charge in [-0.25, -0.2) is 0 Å². The number of hydrogen-bond donors (Lipinski definition) is 1. The van der Waals surface area contributed by atoms with Crippen molar-refractivity contribution in [2.24, 2.45) is 5.92 Å². The van der Waals surface area contributed by atoms with Gasteiger partial charge in [-0.1, -0.05) is 31.8 Å². The second-order valence-electron chi connectivity index (χ2n) is 4.78. The van der Waals surface area contributed by atoms with Crippen molar-refractivity contribution in [3.63, 3.8) is 0 Å². The van der Waals surface area contributed by atoms with Crippen molar-refractivity contribution in [3.05, 3.63) is 29.3 Å². The molecule has 1 aromatic rings. The van der Waals surface area contributed by atoms with Gasteiger partial charge in [-0.2, -0.15) is 0 Å². The molecule has 1 N–H and O–H groups in total. The van der Waals surface area contributed by atoms with Gasteiger partial charge < -0.3 is 14.6 Å². The molecule has 0 atom stereocenters. The van der Waals surface area contributed by atoms with E-state index in [4.69, 9.17) is 14.6 Å². The van der Waals surface area contributed by atoms with Gasteiger partial charge in [0.1, 0.15) is 19.0 Å². The highest BCUT2D eigenvalue weighted by Crippen LogP contribution is 2.18. The zero-order chi connectivity index (χ0) is 14.1. The summed E-state index contributed by atoms with van der Waals surface area (Å²) >= 11 is 0. The maximum Gasteiger partial charge on any atom is 0.135 e. The maximum absolute atomic E-state index is 8.75. The summed E-state index contributed by atoms with van der Waals surface area (Å²) in [6.07, 6.45) is 0. The summed E-state index contributed by atoms with van der Waals surface area (Å²) < 4.78 is 11.1. The molecule has 0 aromatic heterocycles. The van der Waals surface area contributed by atoms with Gasteiger partial charge in [-0.3, -0.25) is 0 Å². The van der Waals surface area contributed by atoms with Crippen molar-refractivity contribution in [1.29, 1.82) is 0 Å². The number of hydrogen-bond acceptors (Lipinski definition) is 3. The second kappa shape index (κ2) is 8.58. The van der Waals surface area contributed by atoms with Crippen LogP contribution in [0.1, 0.15) is 25.0 Å². The third-order valence-corrected chi connectivity index (χ3v) is 2.37. The molecule has 1 rings (SSSR count). The molecule has 0 saturated heterocycles. The summed E-state index contributed by atoms with van der Waals surface area (Å²) in [5, 5.41) is 8.75. The molecule has 0 bridgehead atoms. The Morgan fingerprint density at radius 3 is 2.74 bits per heavy atom. The number of aliphatic hydroxyl groups excluding tert-OH is 1. The molecule has 19 heavy (non-hydrogen) atoms. The van der Waals surface area contributed by atoms with Crippen molar-refractivity contribution < 1.29 is 14.6 Å². The summed E-state index contributed by atoms with van der Waals surface area (Å²) in [6, 6.07) is 5.83. The Kier molecular flexibility index (Phi) is 7.02. The quantitative estimate of drug-likeness (QED) is 0.632. The van der Waals surface area contributed by atoms with E-state index in [-0.39, 0.29) is 6.61 Å². The Morgan fingerprint density at radius 2 is 2.05 bits per heavy atom. The fraction of sp³-hybridized carbons (Fsp3) is 0.500. The summed E-state index contributed by atoms with van der Waals surface area (Å²) in [5.74, 6) is 6.81. The lowest BCUT2D eigenvalue weighted by Gasteiger charge is -2.10. The van der Waals surface area contributed by atoms with Crippen LogP contribution in [0.25, 0.3) is 0 Å². The van der Waals surface area contributed by atoms with Crippen LogP contribution in [0.3, 0.4) is 0 Å². The Morgan fingerprint density at radius 1 is 1.26 bits per heavy atom. The van der Waals surface area contributed by atoms with Gasteiger partial charge in [0.15, 0.2) is 0 Å². The van der Waals surface area contributed by atoms with Crippen LogP contribution in [0, 0.1) is 24.7 Å². The molecule has 0 aliphatic carbocycles. The molecule has 0 unspecified atom stereocenters. The minimum absolute atomic E-state index is 0.148. The topological polar surface area (TPSA) is 38.7 Å². The molecule has 0 spiro atoms. The Bertz CT molecular complexity index is 441. The minimum atomic E-state index is -0.148. The van der Waals surface area contributed by atoms with E-state index in [0.717, 1.165) is 23.5 Å². The van der Waals surface area contributed by atoms with Gasteiger partial charge >= 0.3 is 0 Å². The standard InChI is InChI=1S/C16H22O3/c1-13(2)12-18-9-10-19-16-7-6-14(3)11-15(16)5-4-8-17/h6-7,11,13,17H,8-10,12H2,1-3H3. The van der Waals surface area contributed by atoms with Gasteiger partial charge in [-0.15, -0.1) is 0 Å². The molecule has 1 aromatic carbocycles.